The molecule has 0 unspecified atom stereocenters. The van der Waals surface area contributed by atoms with Crippen molar-refractivity contribution in [1.29, 1.82) is 0 Å². The highest BCUT2D eigenvalue weighted by Crippen LogP contribution is 2.03. The molecule has 2 N–H and O–H groups in total. The van der Waals surface area contributed by atoms with Crippen LogP contribution in [0.3, 0.4) is 0 Å². The summed E-state index contributed by atoms with van der Waals surface area (Å²) in [5.74, 6) is 0.208. The summed E-state index contributed by atoms with van der Waals surface area (Å²) in [6.45, 7) is 1.08. The predicted octanol–water partition coefficient (Wildman–Crippen LogP) is 0.474. The number of hydrogen-bond donors (Lipinski definition) is 2. The van der Waals surface area contributed by atoms with Gasteiger partial charge in [-0.2, -0.15) is 4.98 Å². The Hall–Kier alpha value is -2.15. The van der Waals surface area contributed by atoms with E-state index in [0.29, 0.717) is 24.6 Å². The Morgan fingerprint density at radius 1 is 1.53 bits per heavy atom. The van der Waals surface area contributed by atoms with Gasteiger partial charge in [0.05, 0.1) is 13.7 Å². The molecule has 0 aromatic carbocycles. The minimum Gasteiger partial charge on any atom is -0.464 e. The molecule has 0 atom stereocenters. The fraction of sp³-hybridized carbons (Fsp3) is 0.300. The van der Waals surface area contributed by atoms with Crippen LogP contribution in [0.15, 0.2) is 23.0 Å². The highest BCUT2D eigenvalue weighted by molar-refractivity contribution is 5.87. The van der Waals surface area contributed by atoms with Gasteiger partial charge in [-0.3, -0.25) is 0 Å². The van der Waals surface area contributed by atoms with Gasteiger partial charge in [0, 0.05) is 12.2 Å². The van der Waals surface area contributed by atoms with Gasteiger partial charge in [-0.05, 0) is 12.1 Å². The SMILES string of the molecule is COC(=O)c1ccc(CNCc2ncon2)[nH]1. The maximum absolute atomic E-state index is 11.2. The summed E-state index contributed by atoms with van der Waals surface area (Å²) >= 11 is 0. The molecule has 0 amide bonds. The number of methoxy groups -OCH3 is 1. The highest BCUT2D eigenvalue weighted by atomic mass is 16.5. The normalized spacial score (nSPS) is 10.4. The van der Waals surface area contributed by atoms with Crippen LogP contribution in [0.4, 0.5) is 0 Å². The molecule has 0 bridgehead atoms. The minimum atomic E-state index is -0.380. The van der Waals surface area contributed by atoms with Crippen molar-refractivity contribution in [3.63, 3.8) is 0 Å². The first-order valence-corrected chi connectivity index (χ1v) is 5.02. The number of carbonyl (C=O) groups excluding carboxylic acids is 1. The molecular formula is C10H12N4O3. The molecule has 2 aromatic heterocycles. The maximum Gasteiger partial charge on any atom is 0.354 e. The molecule has 90 valence electrons. The number of hydrogen-bond acceptors (Lipinski definition) is 6. The third-order valence-electron chi connectivity index (χ3n) is 2.16. The summed E-state index contributed by atoms with van der Waals surface area (Å²) in [5, 5.41) is 6.77. The van der Waals surface area contributed by atoms with E-state index >= 15 is 0 Å². The second-order valence-corrected chi connectivity index (χ2v) is 3.34. The molecule has 0 saturated carbocycles. The van der Waals surface area contributed by atoms with Gasteiger partial charge >= 0.3 is 5.97 Å². The average Bonchev–Trinajstić information content (AvgIpc) is 2.99. The topological polar surface area (TPSA) is 93.0 Å². The van der Waals surface area contributed by atoms with Crippen LogP contribution in [-0.4, -0.2) is 28.2 Å². The van der Waals surface area contributed by atoms with Crippen LogP contribution in [0.25, 0.3) is 0 Å². The highest BCUT2D eigenvalue weighted by Gasteiger charge is 2.07. The lowest BCUT2D eigenvalue weighted by Crippen LogP contribution is -2.14. The van der Waals surface area contributed by atoms with Crippen molar-refractivity contribution in [3.05, 3.63) is 35.7 Å². The molecule has 0 spiro atoms. The summed E-state index contributed by atoms with van der Waals surface area (Å²) in [4.78, 5) is 18.0. The number of aromatic amines is 1. The first kappa shape index (κ1) is 11.3. The van der Waals surface area contributed by atoms with Crippen molar-refractivity contribution in [1.82, 2.24) is 20.4 Å². The second-order valence-electron chi connectivity index (χ2n) is 3.34. The number of H-pyrrole nitrogens is 1. The molecule has 0 aliphatic rings. The van der Waals surface area contributed by atoms with E-state index in [1.54, 1.807) is 6.07 Å². The van der Waals surface area contributed by atoms with Gasteiger partial charge in [-0.1, -0.05) is 5.16 Å². The quantitative estimate of drug-likeness (QED) is 0.733. The van der Waals surface area contributed by atoms with E-state index < -0.39 is 0 Å². The summed E-state index contributed by atoms with van der Waals surface area (Å²) in [5.41, 5.74) is 1.32. The lowest BCUT2D eigenvalue weighted by atomic mass is 10.4. The Morgan fingerprint density at radius 3 is 3.12 bits per heavy atom. The van der Waals surface area contributed by atoms with Crippen LogP contribution in [0.1, 0.15) is 22.0 Å². The molecule has 2 rings (SSSR count). The van der Waals surface area contributed by atoms with Crippen LogP contribution in [-0.2, 0) is 17.8 Å². The van der Waals surface area contributed by atoms with Gasteiger partial charge in [0.1, 0.15) is 5.69 Å². The van der Waals surface area contributed by atoms with Crippen LogP contribution in [0, 0.1) is 0 Å². The molecule has 0 saturated heterocycles. The van der Waals surface area contributed by atoms with Gasteiger partial charge in [-0.25, -0.2) is 4.79 Å². The number of nitrogens with one attached hydrogen (secondary N) is 2. The van der Waals surface area contributed by atoms with Crippen molar-refractivity contribution in [2.45, 2.75) is 13.1 Å². The standard InChI is InChI=1S/C10H12N4O3/c1-16-10(15)8-3-2-7(13-8)4-11-5-9-12-6-17-14-9/h2-3,6,11,13H,4-5H2,1H3. The summed E-state index contributed by atoms with van der Waals surface area (Å²) in [6.07, 6.45) is 1.28. The summed E-state index contributed by atoms with van der Waals surface area (Å²) < 4.78 is 9.19. The third-order valence-corrected chi connectivity index (χ3v) is 2.16. The molecule has 0 fully saturated rings. The Morgan fingerprint density at radius 2 is 2.41 bits per heavy atom. The molecule has 0 aliphatic heterocycles. The van der Waals surface area contributed by atoms with Crippen molar-refractivity contribution < 1.29 is 14.1 Å². The zero-order chi connectivity index (χ0) is 12.1. The first-order chi connectivity index (χ1) is 8.29. The van der Waals surface area contributed by atoms with Gasteiger partial charge < -0.3 is 19.6 Å². The largest absolute Gasteiger partial charge is 0.464 e. The van der Waals surface area contributed by atoms with Crippen LogP contribution >= 0.6 is 0 Å². The fourth-order valence-electron chi connectivity index (χ4n) is 1.35. The smallest absolute Gasteiger partial charge is 0.354 e. The number of rotatable bonds is 5. The van der Waals surface area contributed by atoms with Crippen molar-refractivity contribution in [2.75, 3.05) is 7.11 Å². The maximum atomic E-state index is 11.2. The van der Waals surface area contributed by atoms with Crippen LogP contribution in [0.5, 0.6) is 0 Å². The number of ether oxygens (including phenoxy) is 1. The van der Waals surface area contributed by atoms with Gasteiger partial charge in [0.2, 0.25) is 6.39 Å². The molecule has 2 heterocycles. The van der Waals surface area contributed by atoms with Crippen molar-refractivity contribution in [2.24, 2.45) is 0 Å². The van der Waals surface area contributed by atoms with E-state index in [9.17, 15) is 4.79 Å². The van der Waals surface area contributed by atoms with E-state index in [4.69, 9.17) is 0 Å². The van der Waals surface area contributed by atoms with Gasteiger partial charge in [-0.15, -0.1) is 0 Å². The van der Waals surface area contributed by atoms with Gasteiger partial charge in [0.25, 0.3) is 0 Å². The Balaban J connectivity index is 1.83. The molecule has 0 aliphatic carbocycles. The van der Waals surface area contributed by atoms with Crippen molar-refractivity contribution >= 4 is 5.97 Å². The van der Waals surface area contributed by atoms with E-state index in [-0.39, 0.29) is 5.97 Å². The predicted molar refractivity (Wildman–Crippen MR) is 57.0 cm³/mol. The summed E-state index contributed by atoms with van der Waals surface area (Å²) in [7, 11) is 1.34. The fourth-order valence-corrected chi connectivity index (χ4v) is 1.35. The average molecular weight is 236 g/mol. The Labute approximate surface area is 97.2 Å². The van der Waals surface area contributed by atoms with E-state index in [1.807, 2.05) is 6.07 Å². The molecule has 2 aromatic rings. The van der Waals surface area contributed by atoms with Crippen molar-refractivity contribution in [3.8, 4) is 0 Å². The van der Waals surface area contributed by atoms with E-state index in [1.165, 1.54) is 13.5 Å². The lowest BCUT2D eigenvalue weighted by Gasteiger charge is -1.99. The molecular weight excluding hydrogens is 224 g/mol. The van der Waals surface area contributed by atoms with E-state index in [0.717, 1.165) is 5.69 Å². The minimum absolute atomic E-state index is 0.380. The molecule has 7 nitrogen and oxygen atoms in total. The third kappa shape index (κ3) is 2.91. The van der Waals surface area contributed by atoms with Crippen LogP contribution < -0.4 is 5.32 Å². The number of esters is 1. The molecule has 0 radical (unpaired) electrons. The monoisotopic (exact) mass is 236 g/mol. The Kier molecular flexibility index (Phi) is 3.51. The lowest BCUT2D eigenvalue weighted by molar-refractivity contribution is 0.0594. The van der Waals surface area contributed by atoms with E-state index in [2.05, 4.69) is 29.7 Å². The zero-order valence-electron chi connectivity index (χ0n) is 9.27. The molecule has 17 heavy (non-hydrogen) atoms. The molecule has 7 heteroatoms. The number of carbonyl (C=O) groups is 1. The second kappa shape index (κ2) is 5.26. The van der Waals surface area contributed by atoms with Crippen LogP contribution in [0.2, 0.25) is 0 Å². The number of nitrogens with zero attached hydrogens (tertiary/aromatic N) is 2. The Bertz CT molecular complexity index is 477. The zero-order valence-corrected chi connectivity index (χ0v) is 9.27. The number of aromatic nitrogens is 3. The van der Waals surface area contributed by atoms with Gasteiger partial charge in [0.15, 0.2) is 5.82 Å². The summed E-state index contributed by atoms with van der Waals surface area (Å²) in [6, 6.07) is 3.49. The first-order valence-electron chi connectivity index (χ1n) is 5.02.